The lowest BCUT2D eigenvalue weighted by Crippen LogP contribution is -2.41. The number of ether oxygens (including phenoxy) is 1. The zero-order valence-electron chi connectivity index (χ0n) is 15.3. The number of fused-ring (bicyclic) bond motifs is 1. The van der Waals surface area contributed by atoms with Gasteiger partial charge < -0.3 is 10.1 Å². The van der Waals surface area contributed by atoms with E-state index in [1.807, 2.05) is 36.4 Å². The second-order valence-electron chi connectivity index (χ2n) is 6.91. The summed E-state index contributed by atoms with van der Waals surface area (Å²) in [6, 6.07) is 13.9. The van der Waals surface area contributed by atoms with E-state index in [0.29, 0.717) is 11.7 Å². The molecule has 1 amide bonds. The lowest BCUT2D eigenvalue weighted by Gasteiger charge is -2.29. The number of methoxy groups -OCH3 is 1. The maximum absolute atomic E-state index is 12.7. The highest BCUT2D eigenvalue weighted by molar-refractivity contribution is 6.05. The van der Waals surface area contributed by atoms with Gasteiger partial charge in [-0.15, -0.1) is 0 Å². The molecule has 1 N–H and O–H groups in total. The number of hydrogen-bond acceptors (Lipinski definition) is 3. The molecule has 2 aromatic rings. The van der Waals surface area contributed by atoms with Gasteiger partial charge in [0.05, 0.1) is 7.11 Å². The molecule has 26 heavy (non-hydrogen) atoms. The Bertz CT molecular complexity index is 879. The molecule has 0 bridgehead atoms. The molecule has 134 valence electrons. The maximum atomic E-state index is 12.7. The van der Waals surface area contributed by atoms with E-state index in [1.54, 1.807) is 13.2 Å². The van der Waals surface area contributed by atoms with E-state index >= 15 is 0 Å². The van der Waals surface area contributed by atoms with Gasteiger partial charge in [-0.2, -0.15) is 5.26 Å². The fourth-order valence-electron chi connectivity index (χ4n) is 3.67. The summed E-state index contributed by atoms with van der Waals surface area (Å²) in [5.41, 5.74) is 0.867. The summed E-state index contributed by atoms with van der Waals surface area (Å²) >= 11 is 0. The van der Waals surface area contributed by atoms with Crippen LogP contribution in [0, 0.1) is 17.2 Å². The topological polar surface area (TPSA) is 62.1 Å². The monoisotopic (exact) mass is 348 g/mol. The zero-order chi connectivity index (χ0) is 18.5. The van der Waals surface area contributed by atoms with E-state index in [4.69, 9.17) is 4.74 Å². The molecule has 0 spiro atoms. The van der Waals surface area contributed by atoms with Crippen molar-refractivity contribution in [2.24, 2.45) is 5.92 Å². The van der Waals surface area contributed by atoms with E-state index in [-0.39, 0.29) is 17.5 Å². The van der Waals surface area contributed by atoms with E-state index in [1.165, 1.54) is 6.42 Å². The number of nitrogens with zero attached hydrogens (tertiary/aromatic N) is 1. The molecule has 4 nitrogen and oxygen atoms in total. The summed E-state index contributed by atoms with van der Waals surface area (Å²) < 4.78 is 5.46. The van der Waals surface area contributed by atoms with Gasteiger partial charge >= 0.3 is 0 Å². The number of amides is 1. The third-order valence-corrected chi connectivity index (χ3v) is 5.23. The smallest absolute Gasteiger partial charge is 0.262 e. The first-order chi connectivity index (χ1) is 12.6. The molecule has 1 fully saturated rings. The molecule has 0 aromatic heterocycles. The van der Waals surface area contributed by atoms with Gasteiger partial charge in [0, 0.05) is 11.6 Å². The predicted octanol–water partition coefficient (Wildman–Crippen LogP) is 4.45. The van der Waals surface area contributed by atoms with Gasteiger partial charge in [-0.1, -0.05) is 50.1 Å². The summed E-state index contributed by atoms with van der Waals surface area (Å²) in [7, 11) is 1.59. The first-order valence-corrected chi connectivity index (χ1v) is 9.12. The fraction of sp³-hybridized carbons (Fsp3) is 0.364. The third kappa shape index (κ3) is 3.72. The number of rotatable bonds is 4. The SMILES string of the molecule is COc1ccc2ccccc2c1/C=C(\C#N)C(=O)N[C@@H]1CCCC[C@H]1C. The van der Waals surface area contributed by atoms with Crippen molar-refractivity contribution in [3.05, 3.63) is 47.5 Å². The Morgan fingerprint density at radius 3 is 2.73 bits per heavy atom. The van der Waals surface area contributed by atoms with E-state index in [0.717, 1.165) is 35.6 Å². The average molecular weight is 348 g/mol. The minimum absolute atomic E-state index is 0.109. The van der Waals surface area contributed by atoms with Gasteiger partial charge in [-0.25, -0.2) is 0 Å². The Morgan fingerprint density at radius 2 is 2.00 bits per heavy atom. The van der Waals surface area contributed by atoms with Crippen LogP contribution in [0.25, 0.3) is 16.8 Å². The molecule has 2 atom stereocenters. The summed E-state index contributed by atoms with van der Waals surface area (Å²) in [6.07, 6.45) is 6.07. The normalized spacial score (nSPS) is 20.4. The first kappa shape index (κ1) is 18.0. The minimum Gasteiger partial charge on any atom is -0.496 e. The van der Waals surface area contributed by atoms with Crippen LogP contribution in [0.4, 0.5) is 0 Å². The molecule has 0 heterocycles. The predicted molar refractivity (Wildman–Crippen MR) is 104 cm³/mol. The lowest BCUT2D eigenvalue weighted by molar-refractivity contribution is -0.118. The second kappa shape index (κ2) is 8.05. The van der Waals surface area contributed by atoms with Crippen LogP contribution in [-0.4, -0.2) is 19.1 Å². The molecule has 1 aliphatic carbocycles. The molecule has 0 radical (unpaired) electrons. The number of nitrogens with one attached hydrogen (secondary N) is 1. The van der Waals surface area contributed by atoms with E-state index < -0.39 is 0 Å². The van der Waals surface area contributed by atoms with Crippen LogP contribution < -0.4 is 10.1 Å². The van der Waals surface area contributed by atoms with Crippen LogP contribution in [0.5, 0.6) is 5.75 Å². The number of hydrogen-bond donors (Lipinski definition) is 1. The fourth-order valence-corrected chi connectivity index (χ4v) is 3.67. The Labute approximate surface area is 154 Å². The second-order valence-corrected chi connectivity index (χ2v) is 6.91. The van der Waals surface area contributed by atoms with Crippen molar-refractivity contribution in [1.29, 1.82) is 5.26 Å². The van der Waals surface area contributed by atoms with Gasteiger partial charge in [0.1, 0.15) is 17.4 Å². The van der Waals surface area contributed by atoms with Crippen LogP contribution in [0.3, 0.4) is 0 Å². The Balaban J connectivity index is 1.95. The lowest BCUT2D eigenvalue weighted by atomic mass is 9.86. The standard InChI is InChI=1S/C22H24N2O2/c1-15-7-3-6-10-20(15)24-22(25)17(14-23)13-19-18-9-5-4-8-16(18)11-12-21(19)26-2/h4-5,8-9,11-13,15,20H,3,6-7,10H2,1-2H3,(H,24,25)/b17-13+/t15-,20-/m1/s1. The minimum atomic E-state index is -0.304. The van der Waals surface area contributed by atoms with Crippen molar-refractivity contribution in [1.82, 2.24) is 5.32 Å². The molecule has 1 saturated carbocycles. The Morgan fingerprint density at radius 1 is 1.23 bits per heavy atom. The highest BCUT2D eigenvalue weighted by Crippen LogP contribution is 2.30. The Hall–Kier alpha value is -2.80. The molecular weight excluding hydrogens is 324 g/mol. The molecule has 1 aliphatic rings. The number of carbonyl (C=O) groups excluding carboxylic acids is 1. The van der Waals surface area contributed by atoms with Crippen LogP contribution >= 0.6 is 0 Å². The van der Waals surface area contributed by atoms with Crippen LogP contribution in [0.15, 0.2) is 42.0 Å². The van der Waals surface area contributed by atoms with Crippen LogP contribution in [-0.2, 0) is 4.79 Å². The van der Waals surface area contributed by atoms with Crippen molar-refractivity contribution >= 4 is 22.8 Å². The zero-order valence-corrected chi connectivity index (χ0v) is 15.3. The number of nitriles is 1. The molecule has 4 heteroatoms. The number of benzene rings is 2. The summed E-state index contributed by atoms with van der Waals surface area (Å²) in [6.45, 7) is 2.16. The Kier molecular flexibility index (Phi) is 5.58. The highest BCUT2D eigenvalue weighted by atomic mass is 16.5. The van der Waals surface area contributed by atoms with Crippen LogP contribution in [0.2, 0.25) is 0 Å². The summed E-state index contributed by atoms with van der Waals surface area (Å²) in [5.74, 6) is 0.788. The van der Waals surface area contributed by atoms with E-state index in [2.05, 4.69) is 18.3 Å². The quantitative estimate of drug-likeness (QED) is 0.656. The molecule has 0 saturated heterocycles. The largest absolute Gasteiger partial charge is 0.496 e. The van der Waals surface area contributed by atoms with Crippen molar-refractivity contribution in [2.45, 2.75) is 38.6 Å². The summed E-state index contributed by atoms with van der Waals surface area (Å²) in [4.78, 5) is 12.7. The van der Waals surface area contributed by atoms with Gasteiger partial charge in [0.25, 0.3) is 5.91 Å². The van der Waals surface area contributed by atoms with Crippen molar-refractivity contribution in [2.75, 3.05) is 7.11 Å². The molecule has 3 rings (SSSR count). The average Bonchev–Trinajstić information content (AvgIpc) is 2.67. The van der Waals surface area contributed by atoms with Gasteiger partial charge in [-0.05, 0) is 41.7 Å². The molecular formula is C22H24N2O2. The number of carbonyl (C=O) groups is 1. The van der Waals surface area contributed by atoms with Crippen molar-refractivity contribution in [3.63, 3.8) is 0 Å². The van der Waals surface area contributed by atoms with Crippen molar-refractivity contribution in [3.8, 4) is 11.8 Å². The maximum Gasteiger partial charge on any atom is 0.262 e. The highest BCUT2D eigenvalue weighted by Gasteiger charge is 2.24. The van der Waals surface area contributed by atoms with Crippen LogP contribution in [0.1, 0.15) is 38.2 Å². The third-order valence-electron chi connectivity index (χ3n) is 5.23. The van der Waals surface area contributed by atoms with Crippen molar-refractivity contribution < 1.29 is 9.53 Å². The van der Waals surface area contributed by atoms with E-state index in [9.17, 15) is 10.1 Å². The molecule has 0 aliphatic heterocycles. The molecule has 2 aromatic carbocycles. The van der Waals surface area contributed by atoms with Gasteiger partial charge in [0.15, 0.2) is 0 Å². The summed E-state index contributed by atoms with van der Waals surface area (Å²) in [5, 5.41) is 14.6. The van der Waals surface area contributed by atoms with Gasteiger partial charge in [0.2, 0.25) is 0 Å². The first-order valence-electron chi connectivity index (χ1n) is 9.12. The molecule has 0 unspecified atom stereocenters. The van der Waals surface area contributed by atoms with Gasteiger partial charge in [-0.3, -0.25) is 4.79 Å².